The number of aliphatic hydroxyl groups is 1. The fourth-order valence-electron chi connectivity index (χ4n) is 1.29. The third kappa shape index (κ3) is 3.71. The molecule has 0 spiro atoms. The van der Waals surface area contributed by atoms with Gasteiger partial charge in [-0.05, 0) is 13.0 Å². The van der Waals surface area contributed by atoms with Gasteiger partial charge in [-0.15, -0.1) is 0 Å². The monoisotopic (exact) mass is 188 g/mol. The van der Waals surface area contributed by atoms with Crippen LogP contribution in [0.4, 0.5) is 0 Å². The molecule has 1 saturated heterocycles. The van der Waals surface area contributed by atoms with E-state index in [1.807, 2.05) is 0 Å². The Morgan fingerprint density at radius 3 is 2.92 bits per heavy atom. The van der Waals surface area contributed by atoms with E-state index in [9.17, 15) is 9.90 Å². The second kappa shape index (κ2) is 5.16. The second-order valence-corrected chi connectivity index (χ2v) is 3.24. The molecule has 5 nitrogen and oxygen atoms in total. The molecule has 1 aliphatic heterocycles. The summed E-state index contributed by atoms with van der Waals surface area (Å²) in [5, 5.41) is 12.4. The summed E-state index contributed by atoms with van der Waals surface area (Å²) in [6.45, 7) is 1.62. The maximum absolute atomic E-state index is 10.4. The van der Waals surface area contributed by atoms with E-state index in [2.05, 4.69) is 5.32 Å². The highest BCUT2D eigenvalue weighted by Gasteiger charge is 2.24. The van der Waals surface area contributed by atoms with Crippen LogP contribution in [0.3, 0.4) is 0 Å². The molecule has 0 aliphatic carbocycles. The van der Waals surface area contributed by atoms with E-state index in [4.69, 9.17) is 10.5 Å². The van der Waals surface area contributed by atoms with E-state index in [-0.39, 0.29) is 11.9 Å². The predicted octanol–water partition coefficient (Wildman–Crippen LogP) is -1.40. The normalized spacial score (nSPS) is 27.8. The highest BCUT2D eigenvalue weighted by Crippen LogP contribution is 2.04. The van der Waals surface area contributed by atoms with Gasteiger partial charge in [-0.1, -0.05) is 0 Å². The third-order valence-corrected chi connectivity index (χ3v) is 2.06. The van der Waals surface area contributed by atoms with E-state index in [1.54, 1.807) is 0 Å². The van der Waals surface area contributed by atoms with E-state index in [0.29, 0.717) is 32.6 Å². The Bertz CT molecular complexity index is 175. The number of amides is 1. The van der Waals surface area contributed by atoms with Crippen molar-refractivity contribution in [1.82, 2.24) is 5.32 Å². The van der Waals surface area contributed by atoms with Crippen molar-refractivity contribution in [3.8, 4) is 0 Å². The Labute approximate surface area is 77.2 Å². The van der Waals surface area contributed by atoms with Crippen LogP contribution in [-0.4, -0.2) is 42.9 Å². The van der Waals surface area contributed by atoms with Crippen molar-refractivity contribution < 1.29 is 14.6 Å². The lowest BCUT2D eigenvalue weighted by molar-refractivity contribution is -0.118. The van der Waals surface area contributed by atoms with E-state index >= 15 is 0 Å². The fraction of sp³-hybridized carbons (Fsp3) is 0.875. The van der Waals surface area contributed by atoms with Gasteiger partial charge in [-0.2, -0.15) is 0 Å². The molecule has 1 amide bonds. The Morgan fingerprint density at radius 1 is 1.62 bits per heavy atom. The third-order valence-electron chi connectivity index (χ3n) is 2.06. The largest absolute Gasteiger partial charge is 0.389 e. The summed E-state index contributed by atoms with van der Waals surface area (Å²) >= 11 is 0. The fourth-order valence-corrected chi connectivity index (χ4v) is 1.29. The van der Waals surface area contributed by atoms with Crippen molar-refractivity contribution >= 4 is 5.91 Å². The molecule has 13 heavy (non-hydrogen) atoms. The van der Waals surface area contributed by atoms with Crippen molar-refractivity contribution in [2.24, 2.45) is 5.73 Å². The van der Waals surface area contributed by atoms with E-state index in [1.165, 1.54) is 0 Å². The molecule has 4 N–H and O–H groups in total. The molecule has 1 heterocycles. The van der Waals surface area contributed by atoms with Crippen LogP contribution >= 0.6 is 0 Å². The number of carbonyl (C=O) groups is 1. The minimum absolute atomic E-state index is 0.00729. The van der Waals surface area contributed by atoms with Gasteiger partial charge in [-0.3, -0.25) is 4.79 Å². The Hall–Kier alpha value is -0.650. The second-order valence-electron chi connectivity index (χ2n) is 3.24. The highest BCUT2D eigenvalue weighted by molar-refractivity contribution is 5.73. The number of hydrogen-bond donors (Lipinski definition) is 3. The quantitative estimate of drug-likeness (QED) is 0.463. The maximum Gasteiger partial charge on any atom is 0.217 e. The van der Waals surface area contributed by atoms with Crippen LogP contribution in [0.2, 0.25) is 0 Å². The molecule has 5 heteroatoms. The molecule has 1 fully saturated rings. The van der Waals surface area contributed by atoms with Gasteiger partial charge in [0.05, 0.1) is 25.4 Å². The molecule has 0 bridgehead atoms. The number of ether oxygens (including phenoxy) is 1. The van der Waals surface area contributed by atoms with Gasteiger partial charge in [0.2, 0.25) is 5.91 Å². The first-order valence-corrected chi connectivity index (χ1v) is 4.47. The number of carbonyl (C=O) groups excluding carboxylic acids is 1. The van der Waals surface area contributed by atoms with Crippen molar-refractivity contribution in [3.63, 3.8) is 0 Å². The average molecular weight is 188 g/mol. The molecule has 2 atom stereocenters. The summed E-state index contributed by atoms with van der Waals surface area (Å²) in [4.78, 5) is 10.4. The van der Waals surface area contributed by atoms with Gasteiger partial charge >= 0.3 is 0 Å². The standard InChI is InChI=1S/C8H16N2O3/c9-8(12)2-1-3-10-6-4-13-5-7(6)11/h6-7,10-11H,1-5H2,(H2,9,12). The lowest BCUT2D eigenvalue weighted by Crippen LogP contribution is -2.39. The Morgan fingerprint density at radius 2 is 2.38 bits per heavy atom. The zero-order valence-electron chi connectivity index (χ0n) is 7.53. The average Bonchev–Trinajstić information content (AvgIpc) is 2.45. The lowest BCUT2D eigenvalue weighted by atomic mass is 10.2. The smallest absolute Gasteiger partial charge is 0.217 e. The topological polar surface area (TPSA) is 84.6 Å². The molecule has 0 radical (unpaired) electrons. The summed E-state index contributed by atoms with van der Waals surface area (Å²) in [6.07, 6.45) is 0.670. The van der Waals surface area contributed by atoms with Crippen molar-refractivity contribution in [3.05, 3.63) is 0 Å². The predicted molar refractivity (Wildman–Crippen MR) is 47.0 cm³/mol. The van der Waals surface area contributed by atoms with Crippen molar-refractivity contribution in [2.45, 2.75) is 25.0 Å². The summed E-state index contributed by atoms with van der Waals surface area (Å²) in [5.41, 5.74) is 4.97. The number of primary amides is 1. The first kappa shape index (κ1) is 10.4. The number of nitrogens with one attached hydrogen (secondary N) is 1. The minimum atomic E-state index is -0.423. The maximum atomic E-state index is 10.4. The molecular formula is C8H16N2O3. The van der Waals surface area contributed by atoms with E-state index < -0.39 is 6.10 Å². The van der Waals surface area contributed by atoms with Gasteiger partial charge in [0.1, 0.15) is 0 Å². The van der Waals surface area contributed by atoms with Gasteiger partial charge in [-0.25, -0.2) is 0 Å². The molecule has 1 aliphatic rings. The minimum Gasteiger partial charge on any atom is -0.389 e. The molecule has 76 valence electrons. The van der Waals surface area contributed by atoms with Gasteiger partial charge in [0.15, 0.2) is 0 Å². The van der Waals surface area contributed by atoms with Crippen LogP contribution in [0.15, 0.2) is 0 Å². The summed E-state index contributed by atoms with van der Waals surface area (Å²) in [6, 6.07) is 0.00729. The van der Waals surface area contributed by atoms with Gasteiger partial charge in [0, 0.05) is 6.42 Å². The number of rotatable bonds is 5. The van der Waals surface area contributed by atoms with Gasteiger partial charge in [0.25, 0.3) is 0 Å². The van der Waals surface area contributed by atoms with Crippen LogP contribution in [0.25, 0.3) is 0 Å². The van der Waals surface area contributed by atoms with Crippen LogP contribution in [0.5, 0.6) is 0 Å². The molecule has 2 unspecified atom stereocenters. The van der Waals surface area contributed by atoms with Crippen LogP contribution in [0.1, 0.15) is 12.8 Å². The molecule has 0 saturated carbocycles. The number of aliphatic hydroxyl groups excluding tert-OH is 1. The molecule has 1 rings (SSSR count). The SMILES string of the molecule is NC(=O)CCCNC1COCC1O. The first-order valence-electron chi connectivity index (χ1n) is 4.47. The first-order chi connectivity index (χ1) is 6.20. The van der Waals surface area contributed by atoms with Crippen molar-refractivity contribution in [2.75, 3.05) is 19.8 Å². The number of hydrogen-bond acceptors (Lipinski definition) is 4. The Kier molecular flexibility index (Phi) is 4.14. The lowest BCUT2D eigenvalue weighted by Gasteiger charge is -2.13. The van der Waals surface area contributed by atoms with Crippen LogP contribution in [0, 0.1) is 0 Å². The van der Waals surface area contributed by atoms with Gasteiger partial charge < -0.3 is 20.9 Å². The van der Waals surface area contributed by atoms with Crippen LogP contribution < -0.4 is 11.1 Å². The summed E-state index contributed by atoms with van der Waals surface area (Å²) in [7, 11) is 0. The zero-order chi connectivity index (χ0) is 9.68. The Balaban J connectivity index is 2.02. The summed E-state index contributed by atoms with van der Waals surface area (Å²) in [5.74, 6) is -0.287. The molecular weight excluding hydrogens is 172 g/mol. The summed E-state index contributed by atoms with van der Waals surface area (Å²) < 4.78 is 5.04. The molecule has 0 aromatic heterocycles. The van der Waals surface area contributed by atoms with Crippen molar-refractivity contribution in [1.29, 1.82) is 0 Å². The molecule has 0 aromatic rings. The van der Waals surface area contributed by atoms with Crippen LogP contribution in [-0.2, 0) is 9.53 Å². The number of nitrogens with two attached hydrogens (primary N) is 1. The molecule has 0 aromatic carbocycles. The van der Waals surface area contributed by atoms with E-state index in [0.717, 1.165) is 0 Å². The highest BCUT2D eigenvalue weighted by atomic mass is 16.5. The zero-order valence-corrected chi connectivity index (χ0v) is 7.53.